The number of hydrogen-bond acceptors (Lipinski definition) is 5. The van der Waals surface area contributed by atoms with Crippen LogP contribution >= 0.6 is 35.0 Å². The van der Waals surface area contributed by atoms with Crippen molar-refractivity contribution in [2.75, 3.05) is 51.3 Å². The molecule has 0 N–H and O–H groups in total. The van der Waals surface area contributed by atoms with Crippen molar-refractivity contribution in [1.29, 1.82) is 0 Å². The molecular weight excluding hydrogens is 647 g/mol. The summed E-state index contributed by atoms with van der Waals surface area (Å²) in [6.45, 7) is 17.3. The van der Waals surface area contributed by atoms with Gasteiger partial charge in [-0.3, -0.25) is 14.8 Å². The van der Waals surface area contributed by atoms with Crippen LogP contribution in [0.4, 0.5) is 4.79 Å². The summed E-state index contributed by atoms with van der Waals surface area (Å²) in [5, 5.41) is 1.28. The van der Waals surface area contributed by atoms with E-state index >= 15 is 4.79 Å². The van der Waals surface area contributed by atoms with E-state index in [1.165, 1.54) is 0 Å². The zero-order valence-corrected chi connectivity index (χ0v) is 31.1. The van der Waals surface area contributed by atoms with Crippen LogP contribution in [0, 0.1) is 0 Å². The first-order valence-corrected chi connectivity index (χ1v) is 18.7. The number of hydrogen-bond donors (Lipinski definition) is 0. The Morgan fingerprint density at radius 2 is 1.51 bits per heavy atom. The van der Waals surface area contributed by atoms with Crippen LogP contribution in [0.5, 0.6) is 5.75 Å². The number of carbonyl (C=O) groups excluding carboxylic acids is 1. The van der Waals surface area contributed by atoms with Gasteiger partial charge in [0.05, 0.1) is 12.2 Å². The summed E-state index contributed by atoms with van der Waals surface area (Å²) < 4.78 is 6.32. The second kappa shape index (κ2) is 14.4. The van der Waals surface area contributed by atoms with Crippen LogP contribution in [0.1, 0.15) is 70.2 Å². The third kappa shape index (κ3) is 7.05. The molecule has 9 heteroatoms. The molecule has 0 bridgehead atoms. The van der Waals surface area contributed by atoms with E-state index in [1.54, 1.807) is 0 Å². The maximum Gasteiger partial charge on any atom is 0.326 e. The number of nitrogens with zero attached hydrogens (tertiary/aromatic N) is 4. The number of aliphatic imine (C=N–C) groups is 1. The second-order valence-electron chi connectivity index (χ2n) is 13.8. The Morgan fingerprint density at radius 1 is 0.915 bits per heavy atom. The molecule has 2 aliphatic heterocycles. The lowest BCUT2D eigenvalue weighted by Gasteiger charge is -2.47. The van der Waals surface area contributed by atoms with Gasteiger partial charge in [0.1, 0.15) is 22.7 Å². The molecule has 1 fully saturated rings. The van der Waals surface area contributed by atoms with Crippen LogP contribution in [-0.4, -0.2) is 77.9 Å². The lowest BCUT2D eigenvalue weighted by Crippen LogP contribution is -2.60. The fourth-order valence-electron chi connectivity index (χ4n) is 6.75. The third-order valence-corrected chi connectivity index (χ3v) is 11.0. The average Bonchev–Trinajstić information content (AvgIpc) is 3.29. The van der Waals surface area contributed by atoms with Crippen molar-refractivity contribution in [2.45, 2.75) is 64.5 Å². The van der Waals surface area contributed by atoms with E-state index in [-0.39, 0.29) is 11.4 Å². The minimum absolute atomic E-state index is 0.0648. The van der Waals surface area contributed by atoms with Crippen molar-refractivity contribution >= 4 is 46.8 Å². The quantitative estimate of drug-likeness (QED) is 0.210. The Morgan fingerprint density at radius 3 is 2.06 bits per heavy atom. The predicted molar refractivity (Wildman–Crippen MR) is 199 cm³/mol. The highest BCUT2D eigenvalue weighted by Crippen LogP contribution is 2.54. The van der Waals surface area contributed by atoms with Gasteiger partial charge in [-0.1, -0.05) is 74.3 Å². The van der Waals surface area contributed by atoms with Gasteiger partial charge in [0.15, 0.2) is 0 Å². The maximum absolute atomic E-state index is 15.1. The fraction of sp³-hybridized carbons (Fsp3) is 0.474. The number of piperazine rings is 1. The molecule has 6 nitrogen and oxygen atoms in total. The summed E-state index contributed by atoms with van der Waals surface area (Å²) in [6, 6.07) is 21.9. The third-order valence-electron chi connectivity index (χ3n) is 9.79. The fourth-order valence-corrected chi connectivity index (χ4v) is 7.42. The van der Waals surface area contributed by atoms with Gasteiger partial charge in [0.2, 0.25) is 0 Å². The van der Waals surface area contributed by atoms with E-state index in [4.69, 9.17) is 32.9 Å². The van der Waals surface area contributed by atoms with E-state index in [0.29, 0.717) is 41.3 Å². The standard InChI is InChI=1S/C38H48Cl2N4O2S/c1-8-46-33-26-29(36(2,3)4)14-19-32(33)34-41-37(5,27-10-15-30(39)16-11-27)38(6,28-12-17-31(40)18-13-28)44(34)35(45)43-23-21-42(22-24-43)20-9-25-47-7/h10-19,26H,8-9,20-25H2,1-7H3/t37-,38+/m0/s1. The lowest BCUT2D eigenvalue weighted by atomic mass is 9.71. The first-order chi connectivity index (χ1) is 22.3. The van der Waals surface area contributed by atoms with Crippen LogP contribution in [0.25, 0.3) is 0 Å². The molecule has 0 aromatic heterocycles. The molecule has 2 aliphatic rings. The number of urea groups is 1. The Labute approximate surface area is 295 Å². The van der Waals surface area contributed by atoms with Crippen molar-refractivity contribution in [3.05, 3.63) is 99.0 Å². The van der Waals surface area contributed by atoms with Crippen LogP contribution in [0.3, 0.4) is 0 Å². The van der Waals surface area contributed by atoms with Gasteiger partial charge in [0, 0.05) is 36.2 Å². The number of benzene rings is 3. The van der Waals surface area contributed by atoms with E-state index < -0.39 is 11.1 Å². The SMILES string of the molecule is CCOc1cc(C(C)(C)C)ccc1C1=N[C@@](C)(c2ccc(Cl)cc2)[C@@](C)(c2ccc(Cl)cc2)N1C(=O)N1CCN(CCCSC)CC1. The molecule has 2 heterocycles. The number of carbonyl (C=O) groups is 1. The molecule has 252 valence electrons. The van der Waals surface area contributed by atoms with Crippen molar-refractivity contribution in [3.63, 3.8) is 0 Å². The van der Waals surface area contributed by atoms with E-state index in [1.807, 2.05) is 77.0 Å². The minimum atomic E-state index is -0.931. The summed E-state index contributed by atoms with van der Waals surface area (Å²) >= 11 is 14.7. The summed E-state index contributed by atoms with van der Waals surface area (Å²) in [5.74, 6) is 2.45. The Balaban J connectivity index is 1.69. The molecule has 0 spiro atoms. The molecule has 0 unspecified atom stereocenters. The van der Waals surface area contributed by atoms with Gasteiger partial charge >= 0.3 is 6.03 Å². The van der Waals surface area contributed by atoms with Gasteiger partial charge in [0.25, 0.3) is 0 Å². The van der Waals surface area contributed by atoms with Crippen LogP contribution in [0.15, 0.2) is 71.7 Å². The highest BCUT2D eigenvalue weighted by molar-refractivity contribution is 7.98. The summed E-state index contributed by atoms with van der Waals surface area (Å²) in [4.78, 5) is 27.1. The Bertz CT molecular complexity index is 1580. The van der Waals surface area contributed by atoms with E-state index in [0.717, 1.165) is 54.1 Å². The molecule has 3 aromatic carbocycles. The van der Waals surface area contributed by atoms with Crippen molar-refractivity contribution in [3.8, 4) is 5.75 Å². The highest BCUT2D eigenvalue weighted by atomic mass is 35.5. The van der Waals surface area contributed by atoms with Crippen LogP contribution < -0.4 is 4.74 Å². The minimum Gasteiger partial charge on any atom is -0.493 e. The summed E-state index contributed by atoms with van der Waals surface area (Å²) in [6.07, 6.45) is 3.30. The van der Waals surface area contributed by atoms with E-state index in [2.05, 4.69) is 64.0 Å². The molecule has 3 aromatic rings. The smallest absolute Gasteiger partial charge is 0.326 e. The number of halogens is 2. The molecule has 1 saturated heterocycles. The maximum atomic E-state index is 15.1. The van der Waals surface area contributed by atoms with Gasteiger partial charge in [-0.25, -0.2) is 4.79 Å². The molecule has 0 aliphatic carbocycles. The number of ether oxygens (including phenoxy) is 1. The molecular formula is C38H48Cl2N4O2S. The summed E-state index contributed by atoms with van der Waals surface area (Å²) in [5.41, 5.74) is 1.94. The molecule has 2 atom stereocenters. The van der Waals surface area contributed by atoms with Gasteiger partial charge in [-0.15, -0.1) is 0 Å². The number of thioether (sulfide) groups is 1. The summed E-state index contributed by atoms with van der Waals surface area (Å²) in [7, 11) is 0. The molecule has 0 radical (unpaired) electrons. The van der Waals surface area contributed by atoms with Crippen LogP contribution in [-0.2, 0) is 16.5 Å². The van der Waals surface area contributed by atoms with Crippen molar-refractivity contribution in [1.82, 2.24) is 14.7 Å². The van der Waals surface area contributed by atoms with Crippen LogP contribution in [0.2, 0.25) is 10.0 Å². The Hall–Kier alpha value is -2.71. The van der Waals surface area contributed by atoms with Gasteiger partial charge in [-0.05, 0) is 104 Å². The normalized spacial score (nSPS) is 22.0. The Kier molecular flexibility index (Phi) is 10.9. The largest absolute Gasteiger partial charge is 0.493 e. The van der Waals surface area contributed by atoms with Gasteiger partial charge in [-0.2, -0.15) is 11.8 Å². The number of amides is 2. The zero-order chi connectivity index (χ0) is 34.0. The molecule has 0 saturated carbocycles. The first-order valence-electron chi connectivity index (χ1n) is 16.5. The molecule has 5 rings (SSSR count). The first kappa shape index (κ1) is 35.6. The highest BCUT2D eigenvalue weighted by Gasteiger charge is 2.60. The lowest BCUT2D eigenvalue weighted by molar-refractivity contribution is 0.0868. The molecule has 47 heavy (non-hydrogen) atoms. The van der Waals surface area contributed by atoms with Gasteiger partial charge < -0.3 is 9.64 Å². The van der Waals surface area contributed by atoms with Crippen molar-refractivity contribution < 1.29 is 9.53 Å². The zero-order valence-electron chi connectivity index (χ0n) is 28.8. The van der Waals surface area contributed by atoms with E-state index in [9.17, 15) is 0 Å². The number of amidine groups is 1. The molecule has 2 amide bonds. The topological polar surface area (TPSA) is 48.4 Å². The average molecular weight is 696 g/mol. The second-order valence-corrected chi connectivity index (χ2v) is 15.6. The van der Waals surface area contributed by atoms with Crippen molar-refractivity contribution in [2.24, 2.45) is 4.99 Å². The monoisotopic (exact) mass is 694 g/mol. The predicted octanol–water partition coefficient (Wildman–Crippen LogP) is 9.07. The number of rotatable bonds is 9.